The number of rotatable bonds is 3. The third-order valence-electron chi connectivity index (χ3n) is 4.60. The average molecular weight is 275 g/mol. The minimum Gasteiger partial charge on any atom is -0.478 e. The van der Waals surface area contributed by atoms with Gasteiger partial charge in [0.25, 0.3) is 0 Å². The van der Waals surface area contributed by atoms with Crippen LogP contribution in [-0.4, -0.2) is 34.9 Å². The Hall–Kier alpha value is -1.55. The number of β-amino-alcohol motifs (C(OH)–C–C–N with tert-alkyl or cyclic N) is 1. The fourth-order valence-corrected chi connectivity index (χ4v) is 3.61. The van der Waals surface area contributed by atoms with Crippen LogP contribution >= 0.6 is 0 Å². The number of hydrogen-bond acceptors (Lipinski definition) is 3. The Morgan fingerprint density at radius 1 is 1.25 bits per heavy atom. The van der Waals surface area contributed by atoms with Gasteiger partial charge in [0.05, 0.1) is 11.2 Å². The second-order valence-electron chi connectivity index (χ2n) is 6.06. The van der Waals surface area contributed by atoms with Crippen molar-refractivity contribution in [1.82, 2.24) is 0 Å². The number of benzene rings is 1. The number of fused-ring (bicyclic) bond motifs is 1. The van der Waals surface area contributed by atoms with Gasteiger partial charge in [-0.1, -0.05) is 18.9 Å². The van der Waals surface area contributed by atoms with Crippen molar-refractivity contribution in [3.8, 4) is 0 Å². The predicted molar refractivity (Wildman–Crippen MR) is 77.4 cm³/mol. The average Bonchev–Trinajstić information content (AvgIpc) is 2.85. The molecule has 2 aliphatic rings. The molecule has 1 heterocycles. The van der Waals surface area contributed by atoms with Gasteiger partial charge in [0.1, 0.15) is 0 Å². The molecule has 1 aromatic carbocycles. The summed E-state index contributed by atoms with van der Waals surface area (Å²) in [6.07, 6.45) is 5.66. The van der Waals surface area contributed by atoms with Crippen LogP contribution in [0.1, 0.15) is 48.0 Å². The number of carboxylic acid groups (broad SMARTS) is 1. The number of anilines is 1. The van der Waals surface area contributed by atoms with Crippen molar-refractivity contribution in [2.24, 2.45) is 0 Å². The van der Waals surface area contributed by atoms with Crippen LogP contribution in [0.4, 0.5) is 5.69 Å². The largest absolute Gasteiger partial charge is 0.478 e. The fraction of sp³-hybridized carbons (Fsp3) is 0.562. The molecule has 0 bridgehead atoms. The molecule has 0 spiro atoms. The molecule has 1 saturated carbocycles. The van der Waals surface area contributed by atoms with Gasteiger partial charge in [-0.3, -0.25) is 0 Å². The molecule has 0 amide bonds. The molecular formula is C16H21NO3. The molecule has 4 heteroatoms. The van der Waals surface area contributed by atoms with Crippen LogP contribution in [0.3, 0.4) is 0 Å². The van der Waals surface area contributed by atoms with Crippen molar-refractivity contribution in [2.45, 2.75) is 44.1 Å². The van der Waals surface area contributed by atoms with Crippen LogP contribution < -0.4 is 4.90 Å². The van der Waals surface area contributed by atoms with Crippen LogP contribution in [0.2, 0.25) is 0 Å². The second-order valence-corrected chi connectivity index (χ2v) is 6.06. The highest BCUT2D eigenvalue weighted by Gasteiger charge is 2.34. The molecule has 1 aliphatic carbocycles. The molecule has 108 valence electrons. The number of aromatic carboxylic acids is 1. The summed E-state index contributed by atoms with van der Waals surface area (Å²) in [6, 6.07) is 5.47. The van der Waals surface area contributed by atoms with E-state index in [1.54, 1.807) is 12.1 Å². The van der Waals surface area contributed by atoms with Crippen molar-refractivity contribution in [1.29, 1.82) is 0 Å². The molecule has 1 aromatic rings. The zero-order valence-electron chi connectivity index (χ0n) is 11.6. The normalized spacial score (nSPS) is 20.8. The maximum absolute atomic E-state index is 11.3. The summed E-state index contributed by atoms with van der Waals surface area (Å²) < 4.78 is 0. The number of carboxylic acids is 1. The Labute approximate surface area is 119 Å². The Morgan fingerprint density at radius 3 is 2.70 bits per heavy atom. The Balaban J connectivity index is 1.90. The van der Waals surface area contributed by atoms with Gasteiger partial charge in [0, 0.05) is 18.8 Å². The molecule has 0 unspecified atom stereocenters. The number of aliphatic hydroxyl groups is 1. The zero-order chi connectivity index (χ0) is 14.2. The first-order valence-corrected chi connectivity index (χ1v) is 7.42. The van der Waals surface area contributed by atoms with Crippen molar-refractivity contribution >= 4 is 11.7 Å². The van der Waals surface area contributed by atoms with Crippen LogP contribution in [0, 0.1) is 0 Å². The summed E-state index contributed by atoms with van der Waals surface area (Å²) in [6.45, 7) is 1.53. The molecule has 1 aliphatic heterocycles. The highest BCUT2D eigenvalue weighted by molar-refractivity contribution is 5.91. The molecule has 2 N–H and O–H groups in total. The summed E-state index contributed by atoms with van der Waals surface area (Å²) in [7, 11) is 0. The van der Waals surface area contributed by atoms with E-state index in [9.17, 15) is 15.0 Å². The Morgan fingerprint density at radius 2 is 2.00 bits per heavy atom. The highest BCUT2D eigenvalue weighted by Crippen LogP contribution is 2.35. The van der Waals surface area contributed by atoms with Crippen LogP contribution in [0.25, 0.3) is 0 Å². The van der Waals surface area contributed by atoms with E-state index < -0.39 is 11.6 Å². The molecule has 3 rings (SSSR count). The third kappa shape index (κ3) is 2.40. The third-order valence-corrected chi connectivity index (χ3v) is 4.60. The van der Waals surface area contributed by atoms with Crippen LogP contribution in [0.15, 0.2) is 18.2 Å². The van der Waals surface area contributed by atoms with Gasteiger partial charge in [0.15, 0.2) is 0 Å². The summed E-state index contributed by atoms with van der Waals surface area (Å²) in [4.78, 5) is 13.5. The SMILES string of the molecule is O=C(O)c1cccc2c1CCCN2CC1(O)CCCC1. The van der Waals surface area contributed by atoms with Gasteiger partial charge < -0.3 is 15.1 Å². The summed E-state index contributed by atoms with van der Waals surface area (Å²) in [5, 5.41) is 19.9. The standard InChI is InChI=1S/C16H21NO3/c18-15(19)13-5-3-7-14-12(13)6-4-10-17(14)11-16(20)8-1-2-9-16/h3,5,7,20H,1-2,4,6,8-11H2,(H,18,19). The fourth-order valence-electron chi connectivity index (χ4n) is 3.61. The summed E-state index contributed by atoms with van der Waals surface area (Å²) >= 11 is 0. The first-order chi connectivity index (χ1) is 9.59. The molecule has 0 aromatic heterocycles. The van der Waals surface area contributed by atoms with Gasteiger partial charge in [-0.25, -0.2) is 4.79 Å². The van der Waals surface area contributed by atoms with Crippen LogP contribution in [0.5, 0.6) is 0 Å². The molecule has 0 saturated heterocycles. The maximum Gasteiger partial charge on any atom is 0.336 e. The van der Waals surface area contributed by atoms with Crippen molar-refractivity contribution < 1.29 is 15.0 Å². The van der Waals surface area contributed by atoms with Gasteiger partial charge in [-0.05, 0) is 43.4 Å². The second kappa shape index (κ2) is 5.09. The van der Waals surface area contributed by atoms with Crippen molar-refractivity contribution in [3.05, 3.63) is 29.3 Å². The lowest BCUT2D eigenvalue weighted by molar-refractivity contribution is 0.0545. The number of nitrogens with zero attached hydrogens (tertiary/aromatic N) is 1. The smallest absolute Gasteiger partial charge is 0.336 e. The quantitative estimate of drug-likeness (QED) is 0.889. The minimum atomic E-state index is -0.858. The summed E-state index contributed by atoms with van der Waals surface area (Å²) in [5.74, 6) is -0.858. The lowest BCUT2D eigenvalue weighted by atomic mass is 9.94. The lowest BCUT2D eigenvalue weighted by Crippen LogP contribution is -2.43. The van der Waals surface area contributed by atoms with Crippen molar-refractivity contribution in [2.75, 3.05) is 18.0 Å². The van der Waals surface area contributed by atoms with Gasteiger partial charge >= 0.3 is 5.97 Å². The number of hydrogen-bond donors (Lipinski definition) is 2. The van der Waals surface area contributed by atoms with E-state index in [1.165, 1.54) is 0 Å². The van der Waals surface area contributed by atoms with E-state index in [-0.39, 0.29) is 0 Å². The van der Waals surface area contributed by atoms with Gasteiger partial charge in [-0.15, -0.1) is 0 Å². The highest BCUT2D eigenvalue weighted by atomic mass is 16.4. The molecule has 20 heavy (non-hydrogen) atoms. The van der Waals surface area contributed by atoms with E-state index in [0.29, 0.717) is 12.1 Å². The van der Waals surface area contributed by atoms with Crippen LogP contribution in [-0.2, 0) is 6.42 Å². The first kappa shape index (κ1) is 13.4. The first-order valence-electron chi connectivity index (χ1n) is 7.42. The predicted octanol–water partition coefficient (Wildman–Crippen LogP) is 2.44. The van der Waals surface area contributed by atoms with Gasteiger partial charge in [0.2, 0.25) is 0 Å². The minimum absolute atomic E-state index is 0.408. The monoisotopic (exact) mass is 275 g/mol. The number of carbonyl (C=O) groups is 1. The molecule has 0 atom stereocenters. The van der Waals surface area contributed by atoms with E-state index >= 15 is 0 Å². The zero-order valence-corrected chi connectivity index (χ0v) is 11.6. The molecule has 4 nitrogen and oxygen atoms in total. The van der Waals surface area contributed by atoms with E-state index in [4.69, 9.17) is 0 Å². The lowest BCUT2D eigenvalue weighted by Gasteiger charge is -2.37. The maximum atomic E-state index is 11.3. The van der Waals surface area contributed by atoms with E-state index in [2.05, 4.69) is 4.90 Å². The molecule has 1 fully saturated rings. The van der Waals surface area contributed by atoms with E-state index in [0.717, 1.165) is 56.3 Å². The van der Waals surface area contributed by atoms with Crippen molar-refractivity contribution in [3.63, 3.8) is 0 Å². The van der Waals surface area contributed by atoms with Gasteiger partial charge in [-0.2, -0.15) is 0 Å². The molecular weight excluding hydrogens is 254 g/mol. The Kier molecular flexibility index (Phi) is 3.42. The molecule has 0 radical (unpaired) electrons. The Bertz CT molecular complexity index is 520. The van der Waals surface area contributed by atoms with E-state index in [1.807, 2.05) is 6.07 Å². The topological polar surface area (TPSA) is 60.8 Å². The summed E-state index contributed by atoms with van der Waals surface area (Å²) in [5.41, 5.74) is 1.74.